The highest BCUT2D eigenvalue weighted by Gasteiger charge is 2.21. The van der Waals surface area contributed by atoms with Gasteiger partial charge in [0.25, 0.3) is 5.91 Å². The molecule has 0 aliphatic carbocycles. The molecule has 1 aromatic carbocycles. The summed E-state index contributed by atoms with van der Waals surface area (Å²) < 4.78 is 0. The summed E-state index contributed by atoms with van der Waals surface area (Å²) in [5, 5.41) is 0. The van der Waals surface area contributed by atoms with Gasteiger partial charge in [-0.05, 0) is 37.5 Å². The summed E-state index contributed by atoms with van der Waals surface area (Å²) in [5.74, 6) is 0.252. The van der Waals surface area contributed by atoms with Crippen molar-refractivity contribution in [3.8, 4) is 0 Å². The summed E-state index contributed by atoms with van der Waals surface area (Å²) >= 11 is 0. The van der Waals surface area contributed by atoms with Crippen LogP contribution >= 0.6 is 0 Å². The van der Waals surface area contributed by atoms with Crippen molar-refractivity contribution in [2.75, 3.05) is 13.6 Å². The van der Waals surface area contributed by atoms with Gasteiger partial charge in [0.2, 0.25) is 5.91 Å². The van der Waals surface area contributed by atoms with Gasteiger partial charge in [-0.2, -0.15) is 0 Å². The fourth-order valence-corrected chi connectivity index (χ4v) is 2.57. The highest BCUT2D eigenvalue weighted by molar-refractivity contribution is 5.94. The number of nitrogens with zero attached hydrogens (tertiary/aromatic N) is 2. The van der Waals surface area contributed by atoms with Crippen molar-refractivity contribution < 1.29 is 9.59 Å². The maximum absolute atomic E-state index is 12.4. The molecule has 0 radical (unpaired) electrons. The number of carbonyl (C=O) groups excluding carboxylic acids is 2. The lowest BCUT2D eigenvalue weighted by Crippen LogP contribution is -2.34. The van der Waals surface area contributed by atoms with Crippen molar-refractivity contribution >= 4 is 11.8 Å². The molecule has 2 amide bonds. The Morgan fingerprint density at radius 1 is 1.43 bits per heavy atom. The van der Waals surface area contributed by atoms with Crippen LogP contribution in [0.3, 0.4) is 0 Å². The topological polar surface area (TPSA) is 40.6 Å². The van der Waals surface area contributed by atoms with Crippen LogP contribution < -0.4 is 0 Å². The van der Waals surface area contributed by atoms with E-state index in [1.54, 1.807) is 4.90 Å². The monoisotopic (exact) mass is 288 g/mol. The molecule has 1 unspecified atom stereocenters. The molecule has 4 heteroatoms. The Labute approximate surface area is 126 Å². The van der Waals surface area contributed by atoms with E-state index in [4.69, 9.17) is 0 Å². The van der Waals surface area contributed by atoms with E-state index in [9.17, 15) is 9.59 Å². The SMILES string of the molecule is CCC(C)N(C)C(=O)c1cccc(CN2CCCC2=O)c1. The first-order valence-corrected chi connectivity index (χ1v) is 7.66. The quantitative estimate of drug-likeness (QED) is 0.836. The average Bonchev–Trinajstić information content (AvgIpc) is 2.90. The van der Waals surface area contributed by atoms with E-state index >= 15 is 0 Å². The molecule has 1 heterocycles. The molecule has 114 valence electrons. The molecule has 1 aliphatic rings. The molecular weight excluding hydrogens is 264 g/mol. The van der Waals surface area contributed by atoms with Crippen LogP contribution in [-0.2, 0) is 11.3 Å². The molecule has 1 saturated heterocycles. The Hall–Kier alpha value is -1.84. The molecule has 0 bridgehead atoms. The summed E-state index contributed by atoms with van der Waals surface area (Å²) in [4.78, 5) is 27.8. The molecule has 1 atom stereocenters. The van der Waals surface area contributed by atoms with Gasteiger partial charge < -0.3 is 9.80 Å². The third-order valence-corrected chi connectivity index (χ3v) is 4.29. The number of amides is 2. The van der Waals surface area contributed by atoms with Crippen molar-refractivity contribution in [3.63, 3.8) is 0 Å². The third kappa shape index (κ3) is 3.63. The molecule has 2 rings (SSSR count). The zero-order valence-corrected chi connectivity index (χ0v) is 13.1. The molecule has 21 heavy (non-hydrogen) atoms. The van der Waals surface area contributed by atoms with E-state index in [0.717, 1.165) is 24.9 Å². The van der Waals surface area contributed by atoms with Crippen LogP contribution in [-0.4, -0.2) is 41.2 Å². The van der Waals surface area contributed by atoms with E-state index in [1.807, 2.05) is 43.1 Å². The van der Waals surface area contributed by atoms with Gasteiger partial charge in [-0.1, -0.05) is 19.1 Å². The first-order chi connectivity index (χ1) is 10.0. The first-order valence-electron chi connectivity index (χ1n) is 7.66. The highest BCUT2D eigenvalue weighted by Crippen LogP contribution is 2.16. The van der Waals surface area contributed by atoms with Crippen LogP contribution in [0.15, 0.2) is 24.3 Å². The van der Waals surface area contributed by atoms with Crippen LogP contribution in [0.25, 0.3) is 0 Å². The second kappa shape index (κ2) is 6.74. The molecule has 1 aliphatic heterocycles. The van der Waals surface area contributed by atoms with Crippen molar-refractivity contribution in [3.05, 3.63) is 35.4 Å². The van der Waals surface area contributed by atoms with Crippen LogP contribution in [0.1, 0.15) is 49.0 Å². The van der Waals surface area contributed by atoms with Gasteiger partial charge in [-0.3, -0.25) is 9.59 Å². The highest BCUT2D eigenvalue weighted by atomic mass is 16.2. The number of rotatable bonds is 5. The second-order valence-electron chi connectivity index (χ2n) is 5.79. The summed E-state index contributed by atoms with van der Waals surface area (Å²) in [6, 6.07) is 7.85. The minimum absolute atomic E-state index is 0.0407. The number of hydrogen-bond donors (Lipinski definition) is 0. The van der Waals surface area contributed by atoms with E-state index in [-0.39, 0.29) is 17.9 Å². The van der Waals surface area contributed by atoms with Gasteiger partial charge in [-0.15, -0.1) is 0 Å². The van der Waals surface area contributed by atoms with Crippen molar-refractivity contribution in [2.45, 2.75) is 45.7 Å². The zero-order chi connectivity index (χ0) is 15.4. The molecule has 1 fully saturated rings. The van der Waals surface area contributed by atoms with E-state index < -0.39 is 0 Å². The number of benzene rings is 1. The summed E-state index contributed by atoms with van der Waals surface area (Å²) in [5.41, 5.74) is 1.72. The molecular formula is C17H24N2O2. The largest absolute Gasteiger partial charge is 0.339 e. The Balaban J connectivity index is 2.10. The van der Waals surface area contributed by atoms with Crippen LogP contribution in [0, 0.1) is 0 Å². The predicted octanol–water partition coefficient (Wildman–Crippen LogP) is 2.68. The first kappa shape index (κ1) is 15.5. The predicted molar refractivity (Wildman–Crippen MR) is 82.9 cm³/mol. The van der Waals surface area contributed by atoms with Gasteiger partial charge in [0.05, 0.1) is 0 Å². The van der Waals surface area contributed by atoms with E-state index in [0.29, 0.717) is 18.5 Å². The molecule has 0 saturated carbocycles. The smallest absolute Gasteiger partial charge is 0.253 e. The Morgan fingerprint density at radius 2 is 2.19 bits per heavy atom. The van der Waals surface area contributed by atoms with Gasteiger partial charge in [0.15, 0.2) is 0 Å². The average molecular weight is 288 g/mol. The molecule has 0 N–H and O–H groups in total. The van der Waals surface area contributed by atoms with E-state index in [1.165, 1.54) is 0 Å². The fourth-order valence-electron chi connectivity index (χ4n) is 2.57. The Kier molecular flexibility index (Phi) is 4.99. The van der Waals surface area contributed by atoms with Crippen molar-refractivity contribution in [2.24, 2.45) is 0 Å². The lowest BCUT2D eigenvalue weighted by Gasteiger charge is -2.24. The fraction of sp³-hybridized carbons (Fsp3) is 0.529. The minimum atomic E-state index is 0.0407. The molecule has 0 aromatic heterocycles. The van der Waals surface area contributed by atoms with Gasteiger partial charge in [0.1, 0.15) is 0 Å². The lowest BCUT2D eigenvalue weighted by atomic mass is 10.1. The maximum Gasteiger partial charge on any atom is 0.253 e. The van der Waals surface area contributed by atoms with Crippen LogP contribution in [0.5, 0.6) is 0 Å². The van der Waals surface area contributed by atoms with E-state index in [2.05, 4.69) is 6.92 Å². The molecule has 0 spiro atoms. The zero-order valence-electron chi connectivity index (χ0n) is 13.1. The maximum atomic E-state index is 12.4. The summed E-state index contributed by atoms with van der Waals surface area (Å²) in [6.45, 7) is 5.55. The van der Waals surface area contributed by atoms with Gasteiger partial charge in [0, 0.05) is 38.2 Å². The number of hydrogen-bond acceptors (Lipinski definition) is 2. The minimum Gasteiger partial charge on any atom is -0.339 e. The van der Waals surface area contributed by atoms with Gasteiger partial charge >= 0.3 is 0 Å². The normalized spacial score (nSPS) is 16.1. The number of likely N-dealkylation sites (tertiary alicyclic amines) is 1. The standard InChI is InChI=1S/C17H24N2O2/c1-4-13(2)18(3)17(21)15-8-5-7-14(11-15)12-19-10-6-9-16(19)20/h5,7-8,11,13H,4,6,9-10,12H2,1-3H3. The second-order valence-corrected chi connectivity index (χ2v) is 5.79. The van der Waals surface area contributed by atoms with Crippen LogP contribution in [0.2, 0.25) is 0 Å². The third-order valence-electron chi connectivity index (χ3n) is 4.29. The van der Waals surface area contributed by atoms with Crippen molar-refractivity contribution in [1.29, 1.82) is 0 Å². The Bertz CT molecular complexity index is 527. The Morgan fingerprint density at radius 3 is 2.81 bits per heavy atom. The van der Waals surface area contributed by atoms with Crippen molar-refractivity contribution in [1.82, 2.24) is 9.80 Å². The lowest BCUT2D eigenvalue weighted by molar-refractivity contribution is -0.128. The number of carbonyl (C=O) groups is 2. The van der Waals surface area contributed by atoms with Gasteiger partial charge in [-0.25, -0.2) is 0 Å². The molecule has 1 aromatic rings. The molecule has 4 nitrogen and oxygen atoms in total. The summed E-state index contributed by atoms with van der Waals surface area (Å²) in [7, 11) is 1.84. The summed E-state index contributed by atoms with van der Waals surface area (Å²) in [6.07, 6.45) is 2.52. The van der Waals surface area contributed by atoms with Crippen LogP contribution in [0.4, 0.5) is 0 Å².